The topological polar surface area (TPSA) is 20.2 Å². The molecule has 2 heteroatoms. The highest BCUT2D eigenvalue weighted by molar-refractivity contribution is 8.00. The summed E-state index contributed by atoms with van der Waals surface area (Å²) >= 11 is 1.86. The lowest BCUT2D eigenvalue weighted by molar-refractivity contribution is 0.321. The first-order chi connectivity index (χ1) is 6.38. The van der Waals surface area contributed by atoms with Crippen molar-refractivity contribution >= 4 is 11.8 Å². The van der Waals surface area contributed by atoms with Gasteiger partial charge < -0.3 is 5.11 Å². The van der Waals surface area contributed by atoms with Crippen molar-refractivity contribution in [1.82, 2.24) is 0 Å². The molecule has 0 aromatic rings. The molecular weight excluding hydrogens is 180 g/mol. The van der Waals surface area contributed by atoms with Crippen molar-refractivity contribution in [1.29, 1.82) is 0 Å². The molecule has 0 spiro atoms. The summed E-state index contributed by atoms with van der Waals surface area (Å²) in [5.41, 5.74) is 0. The highest BCUT2D eigenvalue weighted by Gasteiger charge is 2.20. The van der Waals surface area contributed by atoms with Crippen molar-refractivity contribution in [3.63, 3.8) is 0 Å². The summed E-state index contributed by atoms with van der Waals surface area (Å²) in [6.07, 6.45) is 8.95. The molecule has 0 aromatic heterocycles. The fourth-order valence-electron chi connectivity index (χ4n) is 2.05. The zero-order chi connectivity index (χ0) is 9.52. The van der Waals surface area contributed by atoms with E-state index in [0.29, 0.717) is 11.9 Å². The van der Waals surface area contributed by atoms with Gasteiger partial charge >= 0.3 is 0 Å². The Morgan fingerprint density at radius 3 is 2.62 bits per heavy atom. The summed E-state index contributed by atoms with van der Waals surface area (Å²) in [4.78, 5) is 0. The first kappa shape index (κ1) is 11.1. The predicted molar refractivity (Wildman–Crippen MR) is 60.1 cm³/mol. The Hall–Kier alpha value is 0.0500. The van der Waals surface area contributed by atoms with Crippen LogP contribution in [-0.2, 0) is 0 Å². The lowest BCUT2D eigenvalue weighted by atomic mass is 9.87. The minimum atomic E-state index is 0.293. The van der Waals surface area contributed by atoms with Crippen molar-refractivity contribution in [2.45, 2.75) is 37.4 Å². The molecule has 76 valence electrons. The number of hydrogen-bond acceptors (Lipinski definition) is 2. The van der Waals surface area contributed by atoms with E-state index in [0.717, 1.165) is 11.7 Å². The van der Waals surface area contributed by atoms with E-state index in [-0.39, 0.29) is 0 Å². The van der Waals surface area contributed by atoms with Crippen LogP contribution in [0, 0.1) is 5.92 Å². The summed E-state index contributed by atoms with van der Waals surface area (Å²) in [5, 5.41) is 9.33. The molecular formula is C11H20OS. The Bertz CT molecular complexity index is 141. The fraction of sp³-hybridized carbons (Fsp3) is 0.818. The van der Waals surface area contributed by atoms with E-state index < -0.39 is 0 Å². The Kier molecular flexibility index (Phi) is 5.56. The van der Waals surface area contributed by atoms with Gasteiger partial charge in [-0.25, -0.2) is 0 Å². The number of aliphatic hydroxyl groups is 1. The molecule has 1 N–H and O–H groups in total. The summed E-state index contributed by atoms with van der Waals surface area (Å²) in [6.45, 7) is 4.18. The summed E-state index contributed by atoms with van der Waals surface area (Å²) in [6, 6.07) is 0. The number of rotatable bonds is 5. The van der Waals surface area contributed by atoms with E-state index in [4.69, 9.17) is 5.11 Å². The maximum absolute atomic E-state index is 8.75. The van der Waals surface area contributed by atoms with Crippen LogP contribution >= 0.6 is 11.8 Å². The lowest BCUT2D eigenvalue weighted by Gasteiger charge is -2.27. The highest BCUT2D eigenvalue weighted by Crippen LogP contribution is 2.32. The van der Waals surface area contributed by atoms with Gasteiger partial charge in [0.05, 0.1) is 6.61 Å². The average molecular weight is 200 g/mol. The molecule has 1 aliphatic carbocycles. The molecule has 0 saturated heterocycles. The smallest absolute Gasteiger partial charge is 0.0521 e. The van der Waals surface area contributed by atoms with Crippen molar-refractivity contribution in [2.75, 3.05) is 12.4 Å². The molecule has 0 radical (unpaired) electrons. The zero-order valence-electron chi connectivity index (χ0n) is 8.24. The first-order valence-corrected chi connectivity index (χ1v) is 6.28. The molecule has 0 unspecified atom stereocenters. The first-order valence-electron chi connectivity index (χ1n) is 5.23. The molecule has 0 bridgehead atoms. The molecule has 1 nitrogen and oxygen atoms in total. The van der Waals surface area contributed by atoms with Crippen molar-refractivity contribution in [3.05, 3.63) is 12.7 Å². The van der Waals surface area contributed by atoms with E-state index in [1.165, 1.54) is 32.1 Å². The van der Waals surface area contributed by atoms with Crippen molar-refractivity contribution in [2.24, 2.45) is 5.92 Å². The summed E-state index contributed by atoms with van der Waals surface area (Å²) in [7, 11) is 0. The highest BCUT2D eigenvalue weighted by atomic mass is 32.2. The third-order valence-corrected chi connectivity index (χ3v) is 4.13. The van der Waals surface area contributed by atoms with Gasteiger partial charge in [0.25, 0.3) is 0 Å². The number of thioether (sulfide) groups is 1. The molecule has 1 atom stereocenters. The van der Waals surface area contributed by atoms with E-state index >= 15 is 0 Å². The largest absolute Gasteiger partial charge is 0.396 e. The summed E-state index contributed by atoms with van der Waals surface area (Å²) < 4.78 is 0. The molecule has 0 aromatic carbocycles. The molecule has 0 amide bonds. The maximum Gasteiger partial charge on any atom is 0.0521 e. The lowest BCUT2D eigenvalue weighted by Crippen LogP contribution is -2.18. The minimum Gasteiger partial charge on any atom is -0.396 e. The van der Waals surface area contributed by atoms with Crippen LogP contribution in [-0.4, -0.2) is 22.7 Å². The Balaban J connectivity index is 2.30. The van der Waals surface area contributed by atoms with Gasteiger partial charge in [0.1, 0.15) is 0 Å². The number of hydrogen-bond donors (Lipinski definition) is 1. The van der Waals surface area contributed by atoms with Crippen LogP contribution in [0.4, 0.5) is 0 Å². The van der Waals surface area contributed by atoms with E-state index in [1.54, 1.807) is 0 Å². The minimum absolute atomic E-state index is 0.293. The van der Waals surface area contributed by atoms with Crippen molar-refractivity contribution < 1.29 is 5.11 Å². The molecule has 1 aliphatic rings. The van der Waals surface area contributed by atoms with Crippen LogP contribution in [0.2, 0.25) is 0 Å². The molecule has 0 heterocycles. The zero-order valence-corrected chi connectivity index (χ0v) is 9.06. The summed E-state index contributed by atoms with van der Waals surface area (Å²) in [5.74, 6) is 1.68. The van der Waals surface area contributed by atoms with Gasteiger partial charge in [-0.2, -0.15) is 11.8 Å². The predicted octanol–water partition coefficient (Wildman–Crippen LogP) is 2.85. The van der Waals surface area contributed by atoms with E-state index in [9.17, 15) is 0 Å². The van der Waals surface area contributed by atoms with Crippen LogP contribution in [0.25, 0.3) is 0 Å². The maximum atomic E-state index is 8.75. The van der Waals surface area contributed by atoms with Gasteiger partial charge in [-0.05, 0) is 18.8 Å². The van der Waals surface area contributed by atoms with Gasteiger partial charge in [0.15, 0.2) is 0 Å². The van der Waals surface area contributed by atoms with Crippen LogP contribution in [0.15, 0.2) is 12.7 Å². The fourth-order valence-corrected chi connectivity index (χ4v) is 3.11. The number of aliphatic hydroxyl groups excluding tert-OH is 1. The van der Waals surface area contributed by atoms with E-state index in [2.05, 4.69) is 12.7 Å². The van der Waals surface area contributed by atoms with Gasteiger partial charge in [-0.3, -0.25) is 0 Å². The second-order valence-electron chi connectivity index (χ2n) is 3.69. The normalized spacial score (nSPS) is 21.3. The molecule has 1 saturated carbocycles. The van der Waals surface area contributed by atoms with Gasteiger partial charge in [0.2, 0.25) is 0 Å². The van der Waals surface area contributed by atoms with Crippen molar-refractivity contribution in [3.8, 4) is 0 Å². The third kappa shape index (κ3) is 3.74. The van der Waals surface area contributed by atoms with Gasteiger partial charge in [0, 0.05) is 11.0 Å². The Labute approximate surface area is 85.6 Å². The van der Waals surface area contributed by atoms with Crippen LogP contribution in [0.1, 0.15) is 32.1 Å². The second kappa shape index (κ2) is 6.50. The molecule has 1 rings (SSSR count). The second-order valence-corrected chi connectivity index (χ2v) is 4.98. The van der Waals surface area contributed by atoms with Crippen LogP contribution in [0.3, 0.4) is 0 Å². The van der Waals surface area contributed by atoms with Crippen LogP contribution in [0.5, 0.6) is 0 Å². The quantitative estimate of drug-likeness (QED) is 0.689. The van der Waals surface area contributed by atoms with Crippen LogP contribution < -0.4 is 0 Å². The average Bonchev–Trinajstić information content (AvgIpc) is 2.21. The molecule has 1 fully saturated rings. The Morgan fingerprint density at radius 2 is 2.08 bits per heavy atom. The monoisotopic (exact) mass is 200 g/mol. The standard InChI is InChI=1S/C11H20OS/c1-2-11(13-9-8-12)10-6-4-3-5-7-10/h2,10-12H,1,3-9H2/t11-/m1/s1. The molecule has 0 aliphatic heterocycles. The van der Waals surface area contributed by atoms with Gasteiger partial charge in [-0.15, -0.1) is 6.58 Å². The molecule has 13 heavy (non-hydrogen) atoms. The van der Waals surface area contributed by atoms with Gasteiger partial charge in [-0.1, -0.05) is 25.3 Å². The third-order valence-electron chi connectivity index (χ3n) is 2.75. The Morgan fingerprint density at radius 1 is 1.38 bits per heavy atom. The SMILES string of the molecule is C=C[C@@H](SCCO)C1CCCCC1. The van der Waals surface area contributed by atoms with E-state index in [1.807, 2.05) is 11.8 Å².